The van der Waals surface area contributed by atoms with E-state index in [1.54, 1.807) is 61.7 Å². The highest BCUT2D eigenvalue weighted by Gasteiger charge is 2.32. The van der Waals surface area contributed by atoms with Gasteiger partial charge in [0, 0.05) is 0 Å². The lowest BCUT2D eigenvalue weighted by atomic mass is 9.98. The summed E-state index contributed by atoms with van der Waals surface area (Å²) in [6.07, 6.45) is 4.64. The molecule has 2 aromatic carbocycles. The van der Waals surface area contributed by atoms with Gasteiger partial charge in [0.25, 0.3) is 0 Å². The van der Waals surface area contributed by atoms with Crippen LogP contribution in [0.2, 0.25) is 0 Å². The minimum atomic E-state index is -3.75. The van der Waals surface area contributed by atoms with Crippen LogP contribution in [0.15, 0.2) is 59.5 Å². The summed E-state index contributed by atoms with van der Waals surface area (Å²) in [5, 5.41) is -1.00. The maximum absolute atomic E-state index is 13.3. The van der Waals surface area contributed by atoms with Crippen LogP contribution in [0, 0.1) is 0 Å². The zero-order valence-electron chi connectivity index (χ0n) is 16.0. The Bertz CT molecular complexity index is 869. The van der Waals surface area contributed by atoms with Crippen LogP contribution in [0.3, 0.4) is 0 Å². The molecule has 3 rings (SSSR count). The molecule has 2 aromatic rings. The van der Waals surface area contributed by atoms with Gasteiger partial charge >= 0.3 is 5.97 Å². The zero-order valence-corrected chi connectivity index (χ0v) is 16.9. The van der Waals surface area contributed by atoms with Crippen molar-refractivity contribution in [2.45, 2.75) is 54.8 Å². The highest BCUT2D eigenvalue weighted by atomic mass is 32.2. The van der Waals surface area contributed by atoms with Gasteiger partial charge in [-0.15, -0.1) is 0 Å². The fourth-order valence-corrected chi connectivity index (χ4v) is 5.30. The second kappa shape index (κ2) is 9.24. The van der Waals surface area contributed by atoms with Gasteiger partial charge in [0.2, 0.25) is 0 Å². The van der Waals surface area contributed by atoms with E-state index in [4.69, 9.17) is 9.47 Å². The van der Waals surface area contributed by atoms with Gasteiger partial charge in [0.15, 0.2) is 9.84 Å². The Morgan fingerprint density at radius 1 is 1.00 bits per heavy atom. The smallest absolute Gasteiger partial charge is 0.307 e. The van der Waals surface area contributed by atoms with Crippen molar-refractivity contribution in [3.63, 3.8) is 0 Å². The van der Waals surface area contributed by atoms with Gasteiger partial charge in [0.05, 0.1) is 18.4 Å². The minimum absolute atomic E-state index is 0.0998. The van der Waals surface area contributed by atoms with Gasteiger partial charge in [0.1, 0.15) is 17.1 Å². The van der Waals surface area contributed by atoms with E-state index in [2.05, 4.69) is 0 Å². The summed E-state index contributed by atoms with van der Waals surface area (Å²) in [7, 11) is -2.20. The van der Waals surface area contributed by atoms with Crippen LogP contribution in [-0.4, -0.2) is 27.6 Å². The summed E-state index contributed by atoms with van der Waals surface area (Å²) in [5.74, 6) is 0.164. The number of sulfone groups is 1. The Hall–Kier alpha value is -2.34. The van der Waals surface area contributed by atoms with Crippen LogP contribution in [-0.2, 0) is 19.4 Å². The Kier molecular flexibility index (Phi) is 6.73. The topological polar surface area (TPSA) is 69.7 Å². The molecule has 1 aliphatic rings. The summed E-state index contributed by atoms with van der Waals surface area (Å²) in [4.78, 5) is 12.8. The molecule has 0 spiro atoms. The molecular weight excluding hydrogens is 376 g/mol. The molecule has 0 radical (unpaired) electrons. The average molecular weight is 403 g/mol. The maximum atomic E-state index is 13.3. The Morgan fingerprint density at radius 3 is 2.25 bits per heavy atom. The molecule has 6 heteroatoms. The largest absolute Gasteiger partial charge is 0.497 e. The second-order valence-corrected chi connectivity index (χ2v) is 9.20. The molecule has 0 bridgehead atoms. The predicted molar refractivity (Wildman–Crippen MR) is 107 cm³/mol. The number of rotatable bonds is 7. The lowest BCUT2D eigenvalue weighted by Gasteiger charge is -2.23. The third-order valence-corrected chi connectivity index (χ3v) is 7.25. The van der Waals surface area contributed by atoms with Crippen molar-refractivity contribution in [2.75, 3.05) is 7.11 Å². The average Bonchev–Trinajstić information content (AvgIpc) is 2.73. The van der Waals surface area contributed by atoms with Crippen LogP contribution < -0.4 is 4.74 Å². The van der Waals surface area contributed by atoms with Crippen molar-refractivity contribution >= 4 is 15.8 Å². The van der Waals surface area contributed by atoms with Gasteiger partial charge in [-0.3, -0.25) is 4.79 Å². The lowest BCUT2D eigenvalue weighted by Crippen LogP contribution is -2.24. The number of methoxy groups -OCH3 is 1. The molecule has 1 fully saturated rings. The Balaban J connectivity index is 1.86. The zero-order chi connectivity index (χ0) is 20.0. The van der Waals surface area contributed by atoms with Crippen LogP contribution in [0.4, 0.5) is 0 Å². The first-order valence-electron chi connectivity index (χ1n) is 9.63. The SMILES string of the molecule is COc1ccc(C(CC(=O)OC2CCCCC2)S(=O)(=O)c2ccccc2)cc1. The molecule has 5 nitrogen and oxygen atoms in total. The van der Waals surface area contributed by atoms with Crippen LogP contribution in [0.25, 0.3) is 0 Å². The minimum Gasteiger partial charge on any atom is -0.497 e. The highest BCUT2D eigenvalue weighted by Crippen LogP contribution is 2.33. The number of hydrogen-bond donors (Lipinski definition) is 0. The van der Waals surface area contributed by atoms with E-state index in [0.717, 1.165) is 32.1 Å². The molecule has 1 unspecified atom stereocenters. The quantitative estimate of drug-likeness (QED) is 0.639. The first-order valence-corrected chi connectivity index (χ1v) is 11.2. The first-order chi connectivity index (χ1) is 13.5. The van der Waals surface area contributed by atoms with E-state index in [0.29, 0.717) is 11.3 Å². The number of esters is 1. The molecule has 0 N–H and O–H groups in total. The van der Waals surface area contributed by atoms with Crippen molar-refractivity contribution in [2.24, 2.45) is 0 Å². The third-order valence-electron chi connectivity index (χ3n) is 5.14. The first kappa shape index (κ1) is 20.4. The normalized spacial score (nSPS) is 16.3. The maximum Gasteiger partial charge on any atom is 0.307 e. The standard InChI is InChI=1S/C22H26O5S/c1-26-18-14-12-17(13-15-18)21(28(24,25)20-10-6-3-7-11-20)16-22(23)27-19-8-4-2-5-9-19/h3,6-7,10-15,19,21H,2,4-5,8-9,16H2,1H3. The summed E-state index contributed by atoms with van der Waals surface area (Å²) in [6, 6.07) is 15.0. The summed E-state index contributed by atoms with van der Waals surface area (Å²) >= 11 is 0. The van der Waals surface area contributed by atoms with E-state index in [1.165, 1.54) is 0 Å². The lowest BCUT2D eigenvalue weighted by molar-refractivity contribution is -0.150. The van der Waals surface area contributed by atoms with E-state index in [-0.39, 0.29) is 17.4 Å². The molecule has 1 saturated carbocycles. The van der Waals surface area contributed by atoms with Gasteiger partial charge in [-0.2, -0.15) is 0 Å². The number of benzene rings is 2. The molecule has 1 atom stereocenters. The van der Waals surface area contributed by atoms with Crippen LogP contribution in [0.1, 0.15) is 49.3 Å². The van der Waals surface area contributed by atoms with E-state index < -0.39 is 21.1 Å². The predicted octanol–water partition coefficient (Wildman–Crippen LogP) is 4.48. The van der Waals surface area contributed by atoms with Gasteiger partial charge < -0.3 is 9.47 Å². The molecule has 0 saturated heterocycles. The Labute approximate surface area is 166 Å². The number of hydrogen-bond acceptors (Lipinski definition) is 5. The van der Waals surface area contributed by atoms with Crippen molar-refractivity contribution in [3.05, 3.63) is 60.2 Å². The van der Waals surface area contributed by atoms with Gasteiger partial charge in [-0.25, -0.2) is 8.42 Å². The van der Waals surface area contributed by atoms with Crippen molar-refractivity contribution in [1.29, 1.82) is 0 Å². The van der Waals surface area contributed by atoms with Gasteiger partial charge in [-0.05, 0) is 55.5 Å². The third kappa shape index (κ3) is 4.93. The van der Waals surface area contributed by atoms with Crippen molar-refractivity contribution in [3.8, 4) is 5.75 Å². The van der Waals surface area contributed by atoms with E-state index in [1.807, 2.05) is 0 Å². The highest BCUT2D eigenvalue weighted by molar-refractivity contribution is 7.91. The second-order valence-electron chi connectivity index (χ2n) is 7.07. The number of ether oxygens (including phenoxy) is 2. The Morgan fingerprint density at radius 2 is 1.64 bits per heavy atom. The molecule has 1 aliphatic carbocycles. The van der Waals surface area contributed by atoms with E-state index in [9.17, 15) is 13.2 Å². The molecule has 0 aliphatic heterocycles. The van der Waals surface area contributed by atoms with Crippen LogP contribution >= 0.6 is 0 Å². The van der Waals surface area contributed by atoms with Crippen LogP contribution in [0.5, 0.6) is 5.75 Å². The fourth-order valence-electron chi connectivity index (χ4n) is 3.57. The monoisotopic (exact) mass is 402 g/mol. The molecular formula is C22H26O5S. The number of carbonyl (C=O) groups is 1. The summed E-state index contributed by atoms with van der Waals surface area (Å²) < 4.78 is 37.3. The molecule has 150 valence electrons. The molecule has 0 amide bonds. The fraction of sp³-hybridized carbons (Fsp3) is 0.409. The van der Waals surface area contributed by atoms with Crippen molar-refractivity contribution < 1.29 is 22.7 Å². The van der Waals surface area contributed by atoms with E-state index >= 15 is 0 Å². The van der Waals surface area contributed by atoms with Gasteiger partial charge in [-0.1, -0.05) is 36.8 Å². The number of carbonyl (C=O) groups excluding carboxylic acids is 1. The summed E-state index contributed by atoms with van der Waals surface area (Å²) in [5.41, 5.74) is 0.547. The summed E-state index contributed by atoms with van der Waals surface area (Å²) in [6.45, 7) is 0. The molecule has 0 heterocycles. The van der Waals surface area contributed by atoms with Crippen molar-refractivity contribution in [1.82, 2.24) is 0 Å². The molecule has 28 heavy (non-hydrogen) atoms. The molecule has 0 aromatic heterocycles.